The third-order valence-electron chi connectivity index (χ3n) is 3.16. The lowest BCUT2D eigenvalue weighted by Crippen LogP contribution is -2.26. The molecule has 0 aliphatic heterocycles. The van der Waals surface area contributed by atoms with Crippen molar-refractivity contribution in [3.05, 3.63) is 29.8 Å². The maximum atomic E-state index is 9.46. The van der Waals surface area contributed by atoms with E-state index >= 15 is 0 Å². The number of anilines is 1. The molecule has 1 fully saturated rings. The number of rotatable bonds is 5. The SMILES string of the molecule is CCCN(c1ccc([C@@H](C)O)cc1)C1CC1. The fourth-order valence-electron chi connectivity index (χ4n) is 2.09. The molecule has 1 saturated carbocycles. The van der Waals surface area contributed by atoms with Gasteiger partial charge in [-0.25, -0.2) is 0 Å². The minimum absolute atomic E-state index is 0.366. The van der Waals surface area contributed by atoms with Crippen LogP contribution in [0.25, 0.3) is 0 Å². The van der Waals surface area contributed by atoms with E-state index in [4.69, 9.17) is 0 Å². The Labute approximate surface area is 97.9 Å². The molecule has 0 unspecified atom stereocenters. The van der Waals surface area contributed by atoms with Crippen LogP contribution in [0, 0.1) is 0 Å². The van der Waals surface area contributed by atoms with Gasteiger partial charge in [-0.2, -0.15) is 0 Å². The molecule has 0 aromatic heterocycles. The molecular weight excluding hydrogens is 198 g/mol. The third kappa shape index (κ3) is 2.56. The average molecular weight is 219 g/mol. The van der Waals surface area contributed by atoms with Crippen molar-refractivity contribution >= 4 is 5.69 Å². The van der Waals surface area contributed by atoms with E-state index in [-0.39, 0.29) is 6.10 Å². The molecule has 1 atom stereocenters. The second kappa shape index (κ2) is 4.88. The van der Waals surface area contributed by atoms with Crippen molar-refractivity contribution in [2.24, 2.45) is 0 Å². The van der Waals surface area contributed by atoms with Crippen LogP contribution in [0.15, 0.2) is 24.3 Å². The first-order valence-corrected chi connectivity index (χ1v) is 6.27. The number of nitrogens with zero attached hydrogens (tertiary/aromatic N) is 1. The van der Waals surface area contributed by atoms with Crippen LogP contribution in [-0.2, 0) is 0 Å². The first-order chi connectivity index (χ1) is 7.72. The van der Waals surface area contributed by atoms with Crippen molar-refractivity contribution in [3.63, 3.8) is 0 Å². The highest BCUT2D eigenvalue weighted by Gasteiger charge is 2.28. The highest BCUT2D eigenvalue weighted by molar-refractivity contribution is 5.49. The summed E-state index contributed by atoms with van der Waals surface area (Å²) in [6.45, 7) is 5.16. The van der Waals surface area contributed by atoms with Crippen LogP contribution in [0.3, 0.4) is 0 Å². The van der Waals surface area contributed by atoms with E-state index in [0.717, 1.165) is 18.2 Å². The minimum Gasteiger partial charge on any atom is -0.389 e. The van der Waals surface area contributed by atoms with Gasteiger partial charge in [0, 0.05) is 18.3 Å². The van der Waals surface area contributed by atoms with Gasteiger partial charge in [0.05, 0.1) is 6.10 Å². The van der Waals surface area contributed by atoms with Crippen LogP contribution in [0.2, 0.25) is 0 Å². The smallest absolute Gasteiger partial charge is 0.0761 e. The molecule has 1 aromatic rings. The van der Waals surface area contributed by atoms with Gasteiger partial charge >= 0.3 is 0 Å². The normalized spacial score (nSPS) is 17.2. The molecule has 2 heteroatoms. The van der Waals surface area contributed by atoms with Crippen LogP contribution in [-0.4, -0.2) is 17.7 Å². The Hall–Kier alpha value is -1.02. The van der Waals surface area contributed by atoms with Gasteiger partial charge in [0.25, 0.3) is 0 Å². The van der Waals surface area contributed by atoms with Crippen LogP contribution in [0.5, 0.6) is 0 Å². The maximum Gasteiger partial charge on any atom is 0.0761 e. The molecule has 0 saturated heterocycles. The molecule has 1 aliphatic rings. The molecule has 88 valence electrons. The van der Waals surface area contributed by atoms with Crippen LogP contribution in [0.4, 0.5) is 5.69 Å². The van der Waals surface area contributed by atoms with Gasteiger partial charge in [0.15, 0.2) is 0 Å². The Morgan fingerprint density at radius 3 is 2.38 bits per heavy atom. The zero-order chi connectivity index (χ0) is 11.5. The van der Waals surface area contributed by atoms with Crippen LogP contribution >= 0.6 is 0 Å². The van der Waals surface area contributed by atoms with Gasteiger partial charge in [0.1, 0.15) is 0 Å². The number of aliphatic hydroxyl groups is 1. The number of benzene rings is 1. The van der Waals surface area contributed by atoms with Crippen molar-refractivity contribution in [1.29, 1.82) is 0 Å². The Balaban J connectivity index is 2.11. The fraction of sp³-hybridized carbons (Fsp3) is 0.571. The molecule has 0 bridgehead atoms. The summed E-state index contributed by atoms with van der Waals surface area (Å²) in [6.07, 6.45) is 3.49. The second-order valence-electron chi connectivity index (χ2n) is 4.69. The van der Waals surface area contributed by atoms with Crippen molar-refractivity contribution in [1.82, 2.24) is 0 Å². The first-order valence-electron chi connectivity index (χ1n) is 6.27. The lowest BCUT2D eigenvalue weighted by Gasteiger charge is -2.24. The van der Waals surface area contributed by atoms with E-state index in [2.05, 4.69) is 24.0 Å². The standard InChI is InChI=1S/C14H21NO/c1-3-10-15(14-8-9-14)13-6-4-12(5-7-13)11(2)16/h4-7,11,14,16H,3,8-10H2,1-2H3/t11-/m1/s1. The van der Waals surface area contributed by atoms with Gasteiger partial charge in [0.2, 0.25) is 0 Å². The van der Waals surface area contributed by atoms with Gasteiger partial charge in [-0.3, -0.25) is 0 Å². The van der Waals surface area contributed by atoms with Gasteiger partial charge in [-0.05, 0) is 43.9 Å². The van der Waals surface area contributed by atoms with E-state index in [9.17, 15) is 5.11 Å². The first kappa shape index (κ1) is 11.5. The fourth-order valence-corrected chi connectivity index (χ4v) is 2.09. The Bertz CT molecular complexity index is 327. The minimum atomic E-state index is -0.366. The third-order valence-corrected chi connectivity index (χ3v) is 3.16. The number of aliphatic hydroxyl groups excluding tert-OH is 1. The van der Waals surface area contributed by atoms with Crippen LogP contribution < -0.4 is 4.90 Å². The molecule has 1 N–H and O–H groups in total. The van der Waals surface area contributed by atoms with Gasteiger partial charge < -0.3 is 10.0 Å². The van der Waals surface area contributed by atoms with Crippen molar-refractivity contribution < 1.29 is 5.11 Å². The highest BCUT2D eigenvalue weighted by Crippen LogP contribution is 2.32. The molecule has 16 heavy (non-hydrogen) atoms. The average Bonchev–Trinajstić information content (AvgIpc) is 3.10. The highest BCUT2D eigenvalue weighted by atomic mass is 16.3. The molecular formula is C14H21NO. The lowest BCUT2D eigenvalue weighted by atomic mass is 10.1. The predicted molar refractivity (Wildman–Crippen MR) is 67.7 cm³/mol. The summed E-state index contributed by atoms with van der Waals surface area (Å²) in [6, 6.07) is 9.10. The monoisotopic (exact) mass is 219 g/mol. The molecule has 0 amide bonds. The quantitative estimate of drug-likeness (QED) is 0.822. The van der Waals surface area contributed by atoms with E-state index < -0.39 is 0 Å². The van der Waals surface area contributed by atoms with Gasteiger partial charge in [-0.15, -0.1) is 0 Å². The second-order valence-corrected chi connectivity index (χ2v) is 4.69. The number of hydrogen-bond acceptors (Lipinski definition) is 2. The van der Waals surface area contributed by atoms with Crippen molar-refractivity contribution in [2.75, 3.05) is 11.4 Å². The van der Waals surface area contributed by atoms with E-state index in [0.29, 0.717) is 0 Å². The van der Waals surface area contributed by atoms with Gasteiger partial charge in [-0.1, -0.05) is 19.1 Å². The topological polar surface area (TPSA) is 23.5 Å². The number of hydrogen-bond donors (Lipinski definition) is 1. The zero-order valence-electron chi connectivity index (χ0n) is 10.2. The molecule has 0 spiro atoms. The molecule has 1 aromatic carbocycles. The van der Waals surface area contributed by atoms with E-state index in [1.807, 2.05) is 12.1 Å². The molecule has 0 radical (unpaired) electrons. The molecule has 2 rings (SSSR count). The maximum absolute atomic E-state index is 9.46. The Morgan fingerprint density at radius 1 is 1.31 bits per heavy atom. The lowest BCUT2D eigenvalue weighted by molar-refractivity contribution is 0.199. The summed E-state index contributed by atoms with van der Waals surface area (Å²) in [5.74, 6) is 0. The van der Waals surface area contributed by atoms with E-state index in [1.54, 1.807) is 6.92 Å². The predicted octanol–water partition coefficient (Wildman–Crippen LogP) is 3.12. The summed E-state index contributed by atoms with van der Waals surface area (Å²) in [7, 11) is 0. The Kier molecular flexibility index (Phi) is 3.49. The molecule has 2 nitrogen and oxygen atoms in total. The molecule has 0 heterocycles. The summed E-state index contributed by atoms with van der Waals surface area (Å²) in [5, 5.41) is 9.46. The summed E-state index contributed by atoms with van der Waals surface area (Å²) in [4.78, 5) is 2.49. The molecule has 1 aliphatic carbocycles. The summed E-state index contributed by atoms with van der Waals surface area (Å²) < 4.78 is 0. The van der Waals surface area contributed by atoms with Crippen molar-refractivity contribution in [3.8, 4) is 0 Å². The Morgan fingerprint density at radius 2 is 1.94 bits per heavy atom. The van der Waals surface area contributed by atoms with E-state index in [1.165, 1.54) is 24.9 Å². The largest absolute Gasteiger partial charge is 0.389 e. The van der Waals surface area contributed by atoms with Crippen LogP contribution in [0.1, 0.15) is 44.8 Å². The van der Waals surface area contributed by atoms with Crippen molar-refractivity contribution in [2.45, 2.75) is 45.3 Å². The summed E-state index contributed by atoms with van der Waals surface area (Å²) >= 11 is 0. The summed E-state index contributed by atoms with van der Waals surface area (Å²) in [5.41, 5.74) is 2.30. The zero-order valence-corrected chi connectivity index (χ0v) is 10.2.